The summed E-state index contributed by atoms with van der Waals surface area (Å²) < 4.78 is 1.99. The van der Waals surface area contributed by atoms with E-state index in [9.17, 15) is 4.79 Å². The van der Waals surface area contributed by atoms with Crippen molar-refractivity contribution in [1.29, 1.82) is 0 Å². The number of amides is 1. The van der Waals surface area contributed by atoms with Crippen molar-refractivity contribution in [3.05, 3.63) is 46.1 Å². The van der Waals surface area contributed by atoms with Crippen LogP contribution in [0.4, 0.5) is 0 Å². The lowest BCUT2D eigenvalue weighted by Crippen LogP contribution is -2.13. The van der Waals surface area contributed by atoms with Gasteiger partial charge in [0.25, 0.3) is 5.91 Å². The Morgan fingerprint density at radius 3 is 2.43 bits per heavy atom. The van der Waals surface area contributed by atoms with E-state index in [1.54, 1.807) is 11.8 Å². The van der Waals surface area contributed by atoms with Gasteiger partial charge in [0.05, 0.1) is 10.6 Å². The van der Waals surface area contributed by atoms with Gasteiger partial charge < -0.3 is 15.4 Å². The van der Waals surface area contributed by atoms with Crippen LogP contribution in [-0.4, -0.2) is 22.2 Å². The van der Waals surface area contributed by atoms with Crippen molar-refractivity contribution in [3.63, 3.8) is 0 Å². The normalized spacial score (nSPS) is 10.2. The van der Waals surface area contributed by atoms with Crippen LogP contribution in [0.3, 0.4) is 0 Å². The van der Waals surface area contributed by atoms with E-state index in [4.69, 9.17) is 22.4 Å². The first-order valence-electron chi connectivity index (χ1n) is 7.33. The van der Waals surface area contributed by atoms with E-state index in [0.29, 0.717) is 17.2 Å². The number of aliphatic hydroxyl groups is 1. The molecule has 0 unspecified atom stereocenters. The molecule has 2 aromatic rings. The fourth-order valence-electron chi connectivity index (χ4n) is 2.10. The standard InChI is InChI=1S/C14H15ClN2OS.C3H8O/c1-8-12(13(16)18)9(2)17(3)14(8)19-11-6-4-5-10(15)7-11;1-2-3-4/h4-7H,1-3H3,(H2,16,18);4H,2-3H2,1H3. The summed E-state index contributed by atoms with van der Waals surface area (Å²) >= 11 is 7.56. The van der Waals surface area contributed by atoms with Crippen molar-refractivity contribution in [2.45, 2.75) is 37.1 Å². The van der Waals surface area contributed by atoms with Gasteiger partial charge in [-0.2, -0.15) is 0 Å². The summed E-state index contributed by atoms with van der Waals surface area (Å²) in [6.07, 6.45) is 0.875. The zero-order valence-electron chi connectivity index (χ0n) is 13.9. The number of hydrogen-bond acceptors (Lipinski definition) is 3. The SMILES string of the molecule is CCCO.Cc1c(C(N)=O)c(C)n(C)c1Sc1cccc(Cl)c1. The molecule has 0 spiro atoms. The molecule has 0 saturated carbocycles. The number of carbonyl (C=O) groups is 1. The molecule has 1 heterocycles. The third-order valence-electron chi connectivity index (χ3n) is 3.35. The molecule has 6 heteroatoms. The van der Waals surface area contributed by atoms with Crippen molar-refractivity contribution >= 4 is 29.3 Å². The van der Waals surface area contributed by atoms with Gasteiger partial charge in [0.15, 0.2) is 0 Å². The molecule has 4 nitrogen and oxygen atoms in total. The van der Waals surface area contributed by atoms with Crippen molar-refractivity contribution in [3.8, 4) is 0 Å². The maximum absolute atomic E-state index is 11.5. The van der Waals surface area contributed by atoms with Gasteiger partial charge in [-0.05, 0) is 44.0 Å². The second-order valence-corrected chi connectivity index (χ2v) is 6.60. The monoisotopic (exact) mass is 354 g/mol. The predicted octanol–water partition coefficient (Wildman–Crippen LogP) is 3.93. The van der Waals surface area contributed by atoms with Crippen LogP contribution < -0.4 is 5.73 Å². The van der Waals surface area contributed by atoms with Crippen molar-refractivity contribution in [2.75, 3.05) is 6.61 Å². The van der Waals surface area contributed by atoms with Gasteiger partial charge in [-0.1, -0.05) is 36.4 Å². The van der Waals surface area contributed by atoms with Crippen LogP contribution in [0, 0.1) is 13.8 Å². The molecule has 0 aliphatic carbocycles. The lowest BCUT2D eigenvalue weighted by molar-refractivity contribution is 0.0999. The summed E-state index contributed by atoms with van der Waals surface area (Å²) in [4.78, 5) is 12.5. The number of carbonyl (C=O) groups excluding carboxylic acids is 1. The predicted molar refractivity (Wildman–Crippen MR) is 96.4 cm³/mol. The first kappa shape index (κ1) is 19.6. The number of rotatable bonds is 4. The molecule has 1 aromatic carbocycles. The number of nitrogens with zero attached hydrogens (tertiary/aromatic N) is 1. The Balaban J connectivity index is 0.000000593. The molecule has 0 radical (unpaired) electrons. The number of benzene rings is 1. The molecule has 2 rings (SSSR count). The van der Waals surface area contributed by atoms with Crippen LogP contribution in [0.15, 0.2) is 34.2 Å². The largest absolute Gasteiger partial charge is 0.396 e. The molecular weight excluding hydrogens is 332 g/mol. The Labute approximate surface area is 146 Å². The summed E-state index contributed by atoms with van der Waals surface area (Å²) in [5.74, 6) is -0.386. The Bertz CT molecular complexity index is 681. The quantitative estimate of drug-likeness (QED) is 0.873. The second kappa shape index (κ2) is 9.01. The van der Waals surface area contributed by atoms with Crippen molar-refractivity contribution < 1.29 is 9.90 Å². The highest BCUT2D eigenvalue weighted by Gasteiger charge is 2.19. The Kier molecular flexibility index (Phi) is 7.68. The lowest BCUT2D eigenvalue weighted by atomic mass is 10.1. The topological polar surface area (TPSA) is 68.2 Å². The number of primary amides is 1. The van der Waals surface area contributed by atoms with E-state index in [1.807, 2.05) is 56.7 Å². The van der Waals surface area contributed by atoms with Crippen LogP contribution in [0.5, 0.6) is 0 Å². The molecule has 126 valence electrons. The van der Waals surface area contributed by atoms with Gasteiger partial charge in [0, 0.05) is 29.3 Å². The molecule has 0 fully saturated rings. The molecule has 0 saturated heterocycles. The summed E-state index contributed by atoms with van der Waals surface area (Å²) in [7, 11) is 1.93. The van der Waals surface area contributed by atoms with E-state index < -0.39 is 0 Å². The van der Waals surface area contributed by atoms with E-state index in [2.05, 4.69) is 0 Å². The average Bonchev–Trinajstić information content (AvgIpc) is 2.71. The average molecular weight is 355 g/mol. The van der Waals surface area contributed by atoms with Gasteiger partial charge in [-0.15, -0.1) is 0 Å². The molecule has 0 atom stereocenters. The van der Waals surface area contributed by atoms with Gasteiger partial charge in [-0.3, -0.25) is 4.79 Å². The maximum atomic E-state index is 11.5. The molecular formula is C17H23ClN2O2S. The fraction of sp³-hybridized carbons (Fsp3) is 0.353. The lowest BCUT2D eigenvalue weighted by Gasteiger charge is -2.06. The highest BCUT2D eigenvalue weighted by molar-refractivity contribution is 7.99. The number of halogens is 1. The van der Waals surface area contributed by atoms with Gasteiger partial charge in [0.1, 0.15) is 0 Å². The van der Waals surface area contributed by atoms with Gasteiger partial charge in [-0.25, -0.2) is 0 Å². The molecule has 0 aliphatic rings. The minimum absolute atomic E-state index is 0.319. The molecule has 1 amide bonds. The van der Waals surface area contributed by atoms with E-state index in [0.717, 1.165) is 27.6 Å². The van der Waals surface area contributed by atoms with Crippen LogP contribution in [0.25, 0.3) is 0 Å². The smallest absolute Gasteiger partial charge is 0.250 e. The van der Waals surface area contributed by atoms with Crippen LogP contribution >= 0.6 is 23.4 Å². The zero-order chi connectivity index (χ0) is 17.6. The number of aromatic nitrogens is 1. The first-order chi connectivity index (χ1) is 10.8. The second-order valence-electron chi connectivity index (χ2n) is 5.10. The van der Waals surface area contributed by atoms with Crippen LogP contribution in [0.2, 0.25) is 5.02 Å². The third-order valence-corrected chi connectivity index (χ3v) is 4.84. The molecule has 0 bridgehead atoms. The minimum atomic E-state index is -0.386. The van der Waals surface area contributed by atoms with Crippen LogP contribution in [-0.2, 0) is 7.05 Å². The maximum Gasteiger partial charge on any atom is 0.250 e. The van der Waals surface area contributed by atoms with Gasteiger partial charge >= 0.3 is 0 Å². The van der Waals surface area contributed by atoms with E-state index in [1.165, 1.54) is 0 Å². The Morgan fingerprint density at radius 1 is 1.39 bits per heavy atom. The zero-order valence-corrected chi connectivity index (χ0v) is 15.5. The number of hydrogen-bond donors (Lipinski definition) is 2. The summed E-state index contributed by atoms with van der Waals surface area (Å²) in [5, 5.41) is 9.58. The van der Waals surface area contributed by atoms with E-state index in [-0.39, 0.29) is 5.91 Å². The molecule has 3 N–H and O–H groups in total. The van der Waals surface area contributed by atoms with Crippen LogP contribution in [0.1, 0.15) is 35.0 Å². The third kappa shape index (κ3) is 5.03. The van der Waals surface area contributed by atoms with Crippen molar-refractivity contribution in [1.82, 2.24) is 4.57 Å². The number of nitrogens with two attached hydrogens (primary N) is 1. The highest BCUT2D eigenvalue weighted by Crippen LogP contribution is 2.35. The van der Waals surface area contributed by atoms with E-state index >= 15 is 0 Å². The Hall–Kier alpha value is -1.43. The summed E-state index contributed by atoms with van der Waals surface area (Å²) in [5.41, 5.74) is 7.83. The molecule has 23 heavy (non-hydrogen) atoms. The highest BCUT2D eigenvalue weighted by atomic mass is 35.5. The summed E-state index contributed by atoms with van der Waals surface area (Å²) in [6, 6.07) is 7.63. The minimum Gasteiger partial charge on any atom is -0.396 e. The molecule has 1 aromatic heterocycles. The Morgan fingerprint density at radius 2 is 2.00 bits per heavy atom. The van der Waals surface area contributed by atoms with Crippen molar-refractivity contribution in [2.24, 2.45) is 12.8 Å². The van der Waals surface area contributed by atoms with Gasteiger partial charge in [0.2, 0.25) is 0 Å². The number of aliphatic hydroxyl groups excluding tert-OH is 1. The summed E-state index contributed by atoms with van der Waals surface area (Å²) in [6.45, 7) is 6.06. The molecule has 0 aliphatic heterocycles. The first-order valence-corrected chi connectivity index (χ1v) is 8.52. The fourth-order valence-corrected chi connectivity index (χ4v) is 3.44.